The van der Waals surface area contributed by atoms with E-state index in [0.717, 1.165) is 30.0 Å². The SMILES string of the molecule is CNCc1nnn(C23CC4CC(CC(C4)C2)C3)c1C. The van der Waals surface area contributed by atoms with E-state index in [1.54, 1.807) is 0 Å². The van der Waals surface area contributed by atoms with Crippen molar-refractivity contribution < 1.29 is 0 Å². The van der Waals surface area contributed by atoms with Crippen molar-refractivity contribution >= 4 is 0 Å². The minimum Gasteiger partial charge on any atom is -0.314 e. The minimum absolute atomic E-state index is 0.317. The summed E-state index contributed by atoms with van der Waals surface area (Å²) in [5, 5.41) is 12.2. The Kier molecular flexibility index (Phi) is 2.53. The highest BCUT2D eigenvalue weighted by Gasteiger charge is 2.53. The normalized spacial score (nSPS) is 40.0. The van der Waals surface area contributed by atoms with Crippen LogP contribution in [0.15, 0.2) is 0 Å². The second kappa shape index (κ2) is 4.05. The lowest BCUT2D eigenvalue weighted by molar-refractivity contribution is -0.0512. The van der Waals surface area contributed by atoms with E-state index >= 15 is 0 Å². The van der Waals surface area contributed by atoms with Gasteiger partial charge in [-0.3, -0.25) is 0 Å². The summed E-state index contributed by atoms with van der Waals surface area (Å²) in [4.78, 5) is 0. The molecule has 1 aromatic rings. The molecule has 0 atom stereocenters. The summed E-state index contributed by atoms with van der Waals surface area (Å²) in [6, 6.07) is 0. The number of hydrogen-bond donors (Lipinski definition) is 1. The van der Waals surface area contributed by atoms with Gasteiger partial charge in [0.05, 0.1) is 16.9 Å². The fraction of sp³-hybridized carbons (Fsp3) is 0.867. The number of hydrogen-bond acceptors (Lipinski definition) is 3. The molecule has 4 aliphatic carbocycles. The van der Waals surface area contributed by atoms with Gasteiger partial charge in [0.1, 0.15) is 0 Å². The van der Waals surface area contributed by atoms with Gasteiger partial charge >= 0.3 is 0 Å². The number of rotatable bonds is 3. The van der Waals surface area contributed by atoms with E-state index in [4.69, 9.17) is 0 Å². The Bertz CT molecular complexity index is 455. The highest BCUT2D eigenvalue weighted by molar-refractivity contribution is 5.14. The predicted molar refractivity (Wildman–Crippen MR) is 73.7 cm³/mol. The van der Waals surface area contributed by atoms with Crippen LogP contribution in [-0.2, 0) is 12.1 Å². The Hall–Kier alpha value is -0.900. The van der Waals surface area contributed by atoms with Crippen LogP contribution in [0.4, 0.5) is 0 Å². The van der Waals surface area contributed by atoms with Gasteiger partial charge in [-0.25, -0.2) is 4.68 Å². The molecule has 104 valence electrons. The molecule has 0 unspecified atom stereocenters. The summed E-state index contributed by atoms with van der Waals surface area (Å²) >= 11 is 0. The average molecular weight is 260 g/mol. The molecule has 4 aliphatic rings. The Morgan fingerprint density at radius 3 is 2.26 bits per heavy atom. The van der Waals surface area contributed by atoms with Crippen molar-refractivity contribution in [3.05, 3.63) is 11.4 Å². The van der Waals surface area contributed by atoms with Crippen LogP contribution in [-0.4, -0.2) is 22.0 Å². The molecule has 4 fully saturated rings. The highest BCUT2D eigenvalue weighted by Crippen LogP contribution is 2.58. The van der Waals surface area contributed by atoms with Crippen LogP contribution in [0.3, 0.4) is 0 Å². The van der Waals surface area contributed by atoms with Gasteiger partial charge in [0.2, 0.25) is 0 Å². The fourth-order valence-corrected chi connectivity index (χ4v) is 5.47. The van der Waals surface area contributed by atoms with Crippen molar-refractivity contribution in [2.75, 3.05) is 7.05 Å². The molecule has 1 N–H and O–H groups in total. The topological polar surface area (TPSA) is 42.7 Å². The zero-order chi connectivity index (χ0) is 13.0. The average Bonchev–Trinajstić information content (AvgIpc) is 2.70. The molecule has 4 bridgehead atoms. The molecule has 4 saturated carbocycles. The first kappa shape index (κ1) is 11.9. The van der Waals surface area contributed by atoms with Crippen LogP contribution in [0.5, 0.6) is 0 Å². The molecule has 0 saturated heterocycles. The van der Waals surface area contributed by atoms with Crippen LogP contribution < -0.4 is 5.32 Å². The molecule has 4 nitrogen and oxygen atoms in total. The Morgan fingerprint density at radius 2 is 1.74 bits per heavy atom. The molecule has 0 aromatic carbocycles. The molecule has 1 aromatic heterocycles. The summed E-state index contributed by atoms with van der Waals surface area (Å²) in [7, 11) is 1.98. The summed E-state index contributed by atoms with van der Waals surface area (Å²) in [6.45, 7) is 3.03. The smallest absolute Gasteiger partial charge is 0.0994 e. The standard InChI is InChI=1S/C15H24N4/c1-10-14(9-16-2)17-18-19(10)15-6-11-3-12(7-15)5-13(4-11)8-15/h11-13,16H,3-9H2,1-2H3. The van der Waals surface area contributed by atoms with Crippen molar-refractivity contribution in [1.82, 2.24) is 20.3 Å². The first-order valence-electron chi connectivity index (χ1n) is 7.76. The van der Waals surface area contributed by atoms with Gasteiger partial charge in [-0.15, -0.1) is 5.10 Å². The fourth-order valence-electron chi connectivity index (χ4n) is 5.47. The van der Waals surface area contributed by atoms with E-state index in [0.29, 0.717) is 5.54 Å². The Balaban J connectivity index is 1.71. The molecule has 19 heavy (non-hydrogen) atoms. The van der Waals surface area contributed by atoms with Gasteiger partial charge in [0.25, 0.3) is 0 Å². The summed E-state index contributed by atoms with van der Waals surface area (Å²) < 4.78 is 2.31. The Morgan fingerprint density at radius 1 is 1.16 bits per heavy atom. The maximum atomic E-state index is 4.55. The van der Waals surface area contributed by atoms with Gasteiger partial charge in [0, 0.05) is 6.54 Å². The first-order chi connectivity index (χ1) is 9.20. The first-order valence-corrected chi connectivity index (χ1v) is 7.76. The highest BCUT2D eigenvalue weighted by atomic mass is 15.5. The van der Waals surface area contributed by atoms with E-state index < -0.39 is 0 Å². The third kappa shape index (κ3) is 1.69. The monoisotopic (exact) mass is 260 g/mol. The predicted octanol–water partition coefficient (Wildman–Crippen LogP) is 2.23. The molecular formula is C15H24N4. The number of aromatic nitrogens is 3. The lowest BCUT2D eigenvalue weighted by Crippen LogP contribution is -2.52. The Labute approximate surface area is 115 Å². The number of nitrogens with one attached hydrogen (secondary N) is 1. The van der Waals surface area contributed by atoms with Gasteiger partial charge in [0.15, 0.2) is 0 Å². The molecule has 0 spiro atoms. The van der Waals surface area contributed by atoms with Crippen molar-refractivity contribution in [1.29, 1.82) is 0 Å². The van der Waals surface area contributed by atoms with Gasteiger partial charge in [-0.05, 0) is 70.3 Å². The summed E-state index contributed by atoms with van der Waals surface area (Å²) in [6.07, 6.45) is 8.50. The maximum Gasteiger partial charge on any atom is 0.0994 e. The van der Waals surface area contributed by atoms with E-state index in [1.807, 2.05) is 7.05 Å². The van der Waals surface area contributed by atoms with Crippen molar-refractivity contribution in [3.63, 3.8) is 0 Å². The lowest BCUT2D eigenvalue weighted by Gasteiger charge is -2.56. The third-order valence-electron chi connectivity index (χ3n) is 5.79. The van der Waals surface area contributed by atoms with Crippen LogP contribution in [0, 0.1) is 24.7 Å². The van der Waals surface area contributed by atoms with E-state index in [2.05, 4.69) is 27.2 Å². The molecular weight excluding hydrogens is 236 g/mol. The largest absolute Gasteiger partial charge is 0.314 e. The quantitative estimate of drug-likeness (QED) is 0.906. The lowest BCUT2D eigenvalue weighted by atomic mass is 9.53. The van der Waals surface area contributed by atoms with Gasteiger partial charge < -0.3 is 5.32 Å². The molecule has 0 amide bonds. The van der Waals surface area contributed by atoms with E-state index in [1.165, 1.54) is 44.2 Å². The minimum atomic E-state index is 0.317. The van der Waals surface area contributed by atoms with Crippen molar-refractivity contribution in [3.8, 4) is 0 Å². The molecule has 0 radical (unpaired) electrons. The van der Waals surface area contributed by atoms with Crippen LogP contribution in [0.2, 0.25) is 0 Å². The third-order valence-corrected chi connectivity index (χ3v) is 5.79. The second-order valence-electron chi connectivity index (χ2n) is 7.21. The van der Waals surface area contributed by atoms with Crippen molar-refractivity contribution in [2.45, 2.75) is 57.5 Å². The van der Waals surface area contributed by atoms with Gasteiger partial charge in [-0.1, -0.05) is 5.21 Å². The summed E-state index contributed by atoms with van der Waals surface area (Å²) in [5.41, 5.74) is 2.73. The zero-order valence-electron chi connectivity index (χ0n) is 12.0. The zero-order valence-corrected chi connectivity index (χ0v) is 12.0. The van der Waals surface area contributed by atoms with Gasteiger partial charge in [-0.2, -0.15) is 0 Å². The molecule has 5 rings (SSSR count). The molecule has 0 aliphatic heterocycles. The second-order valence-corrected chi connectivity index (χ2v) is 7.21. The maximum absolute atomic E-state index is 4.55. The van der Waals surface area contributed by atoms with Crippen LogP contribution in [0.1, 0.15) is 49.9 Å². The van der Waals surface area contributed by atoms with Crippen LogP contribution in [0.25, 0.3) is 0 Å². The van der Waals surface area contributed by atoms with Crippen LogP contribution >= 0.6 is 0 Å². The van der Waals surface area contributed by atoms with E-state index in [9.17, 15) is 0 Å². The molecule has 4 heteroatoms. The van der Waals surface area contributed by atoms with Crippen molar-refractivity contribution in [2.24, 2.45) is 17.8 Å². The number of nitrogens with zero attached hydrogens (tertiary/aromatic N) is 3. The van der Waals surface area contributed by atoms with E-state index in [-0.39, 0.29) is 0 Å². The molecule has 1 heterocycles. The summed E-state index contributed by atoms with van der Waals surface area (Å²) in [5.74, 6) is 2.88.